The SMILES string of the molecule is CCCNC1CCCc2c(F)cc(F)c(F)c21. The lowest BCUT2D eigenvalue weighted by atomic mass is 9.86. The highest BCUT2D eigenvalue weighted by Crippen LogP contribution is 2.34. The van der Waals surface area contributed by atoms with Crippen molar-refractivity contribution in [1.82, 2.24) is 5.32 Å². The van der Waals surface area contributed by atoms with Gasteiger partial charge in [0.1, 0.15) is 5.82 Å². The highest BCUT2D eigenvalue weighted by Gasteiger charge is 2.28. The predicted octanol–water partition coefficient (Wildman–Crippen LogP) is 3.48. The summed E-state index contributed by atoms with van der Waals surface area (Å²) in [5, 5.41) is 3.15. The minimum Gasteiger partial charge on any atom is -0.310 e. The maximum Gasteiger partial charge on any atom is 0.164 e. The Morgan fingerprint density at radius 1 is 1.29 bits per heavy atom. The molecule has 0 spiro atoms. The highest BCUT2D eigenvalue weighted by molar-refractivity contribution is 5.35. The Bertz CT molecular complexity index is 418. The fourth-order valence-electron chi connectivity index (χ4n) is 2.42. The molecule has 1 N–H and O–H groups in total. The van der Waals surface area contributed by atoms with Crippen LogP contribution < -0.4 is 5.32 Å². The lowest BCUT2D eigenvalue weighted by molar-refractivity contribution is 0.404. The first kappa shape index (κ1) is 12.4. The van der Waals surface area contributed by atoms with Crippen molar-refractivity contribution < 1.29 is 13.2 Å². The van der Waals surface area contributed by atoms with E-state index in [0.29, 0.717) is 18.1 Å². The highest BCUT2D eigenvalue weighted by atomic mass is 19.2. The van der Waals surface area contributed by atoms with Crippen LogP contribution in [0, 0.1) is 17.5 Å². The Kier molecular flexibility index (Phi) is 3.72. The lowest BCUT2D eigenvalue weighted by Gasteiger charge is -2.27. The zero-order valence-electron chi connectivity index (χ0n) is 9.82. The van der Waals surface area contributed by atoms with E-state index in [4.69, 9.17) is 0 Å². The van der Waals surface area contributed by atoms with Crippen molar-refractivity contribution in [2.24, 2.45) is 0 Å². The molecule has 1 aliphatic carbocycles. The zero-order chi connectivity index (χ0) is 12.4. The predicted molar refractivity (Wildman–Crippen MR) is 60.3 cm³/mol. The maximum atomic E-state index is 13.8. The van der Waals surface area contributed by atoms with Crippen LogP contribution in [0.4, 0.5) is 13.2 Å². The van der Waals surface area contributed by atoms with E-state index in [-0.39, 0.29) is 11.6 Å². The van der Waals surface area contributed by atoms with Crippen LogP contribution in [0.2, 0.25) is 0 Å². The van der Waals surface area contributed by atoms with Crippen LogP contribution in [0.3, 0.4) is 0 Å². The monoisotopic (exact) mass is 243 g/mol. The Balaban J connectivity index is 2.41. The molecule has 1 atom stereocenters. The number of nitrogens with one attached hydrogen (secondary N) is 1. The third-order valence-electron chi connectivity index (χ3n) is 3.22. The molecule has 2 rings (SSSR count). The molecule has 1 unspecified atom stereocenters. The van der Waals surface area contributed by atoms with Crippen molar-refractivity contribution in [3.63, 3.8) is 0 Å². The van der Waals surface area contributed by atoms with Crippen molar-refractivity contribution in [2.45, 2.75) is 38.6 Å². The summed E-state index contributed by atoms with van der Waals surface area (Å²) in [6, 6.07) is 0.389. The molecular weight excluding hydrogens is 227 g/mol. The van der Waals surface area contributed by atoms with Gasteiger partial charge in [-0.2, -0.15) is 0 Å². The standard InChI is InChI=1S/C13H16F3N/c1-2-6-17-11-5-3-4-8-9(14)7-10(15)13(16)12(8)11/h7,11,17H,2-6H2,1H3. The number of fused-ring (bicyclic) bond motifs is 1. The van der Waals surface area contributed by atoms with Crippen LogP contribution in [0.1, 0.15) is 43.4 Å². The van der Waals surface area contributed by atoms with Gasteiger partial charge in [0.15, 0.2) is 11.6 Å². The molecule has 0 fully saturated rings. The minimum atomic E-state index is -1.09. The van der Waals surface area contributed by atoms with Crippen LogP contribution in [0.15, 0.2) is 6.07 Å². The lowest BCUT2D eigenvalue weighted by Crippen LogP contribution is -2.28. The normalized spacial score (nSPS) is 19.2. The topological polar surface area (TPSA) is 12.0 Å². The zero-order valence-corrected chi connectivity index (χ0v) is 9.82. The average molecular weight is 243 g/mol. The molecular formula is C13H16F3N. The van der Waals surface area contributed by atoms with Gasteiger partial charge in [-0.25, -0.2) is 13.2 Å². The maximum absolute atomic E-state index is 13.8. The first-order chi connectivity index (χ1) is 8.15. The van der Waals surface area contributed by atoms with E-state index < -0.39 is 17.5 Å². The summed E-state index contributed by atoms with van der Waals surface area (Å²) in [5.41, 5.74) is 0.533. The fraction of sp³-hybridized carbons (Fsp3) is 0.538. The summed E-state index contributed by atoms with van der Waals surface area (Å²) in [7, 11) is 0. The second-order valence-electron chi connectivity index (χ2n) is 4.45. The van der Waals surface area contributed by atoms with Gasteiger partial charge in [-0.3, -0.25) is 0 Å². The average Bonchev–Trinajstić information content (AvgIpc) is 2.33. The van der Waals surface area contributed by atoms with Crippen molar-refractivity contribution in [2.75, 3.05) is 6.54 Å². The molecule has 1 nitrogen and oxygen atoms in total. The molecule has 17 heavy (non-hydrogen) atoms. The van der Waals surface area contributed by atoms with E-state index in [1.165, 1.54) is 0 Å². The second-order valence-corrected chi connectivity index (χ2v) is 4.45. The Hall–Kier alpha value is -1.03. The molecule has 0 amide bonds. The van der Waals surface area contributed by atoms with E-state index in [9.17, 15) is 13.2 Å². The number of halogens is 3. The van der Waals surface area contributed by atoms with Crippen LogP contribution in [0.5, 0.6) is 0 Å². The van der Waals surface area contributed by atoms with Gasteiger partial charge < -0.3 is 5.32 Å². The van der Waals surface area contributed by atoms with Crippen molar-refractivity contribution >= 4 is 0 Å². The Morgan fingerprint density at radius 2 is 2.06 bits per heavy atom. The molecule has 1 aromatic rings. The summed E-state index contributed by atoms with van der Waals surface area (Å²) in [5.74, 6) is -2.61. The summed E-state index contributed by atoms with van der Waals surface area (Å²) < 4.78 is 40.6. The molecule has 0 aromatic heterocycles. The van der Waals surface area contributed by atoms with Gasteiger partial charge in [0.25, 0.3) is 0 Å². The summed E-state index contributed by atoms with van der Waals surface area (Å²) in [6.07, 6.45) is 2.93. The quantitative estimate of drug-likeness (QED) is 0.801. The Labute approximate surface area is 99.0 Å². The first-order valence-electron chi connectivity index (χ1n) is 6.04. The van der Waals surface area contributed by atoms with Gasteiger partial charge in [-0.05, 0) is 37.8 Å². The molecule has 94 valence electrons. The molecule has 4 heteroatoms. The number of hydrogen-bond donors (Lipinski definition) is 1. The van der Waals surface area contributed by atoms with Gasteiger partial charge in [0, 0.05) is 17.7 Å². The van der Waals surface area contributed by atoms with Crippen molar-refractivity contribution in [3.8, 4) is 0 Å². The molecule has 1 aliphatic rings. The summed E-state index contributed by atoms with van der Waals surface area (Å²) in [6.45, 7) is 2.72. The van der Waals surface area contributed by atoms with E-state index in [1.807, 2.05) is 6.92 Å². The molecule has 0 saturated carbocycles. The van der Waals surface area contributed by atoms with Gasteiger partial charge >= 0.3 is 0 Å². The molecule has 0 heterocycles. The van der Waals surface area contributed by atoms with E-state index in [1.54, 1.807) is 0 Å². The molecule has 0 aliphatic heterocycles. The van der Waals surface area contributed by atoms with Gasteiger partial charge in [0.05, 0.1) is 0 Å². The molecule has 0 saturated heterocycles. The van der Waals surface area contributed by atoms with E-state index in [2.05, 4.69) is 5.32 Å². The van der Waals surface area contributed by atoms with Crippen molar-refractivity contribution in [1.29, 1.82) is 0 Å². The fourth-order valence-corrected chi connectivity index (χ4v) is 2.42. The molecule has 1 aromatic carbocycles. The number of benzene rings is 1. The van der Waals surface area contributed by atoms with Crippen LogP contribution in [-0.4, -0.2) is 6.54 Å². The van der Waals surface area contributed by atoms with E-state index >= 15 is 0 Å². The van der Waals surface area contributed by atoms with Gasteiger partial charge in [-0.15, -0.1) is 0 Å². The smallest absolute Gasteiger partial charge is 0.164 e. The molecule has 0 bridgehead atoms. The third kappa shape index (κ3) is 2.32. The summed E-state index contributed by atoms with van der Waals surface area (Å²) in [4.78, 5) is 0. The van der Waals surface area contributed by atoms with E-state index in [0.717, 1.165) is 25.8 Å². The Morgan fingerprint density at radius 3 is 2.76 bits per heavy atom. The van der Waals surface area contributed by atoms with Gasteiger partial charge in [-0.1, -0.05) is 6.92 Å². The van der Waals surface area contributed by atoms with Crippen LogP contribution in [0.25, 0.3) is 0 Å². The number of hydrogen-bond acceptors (Lipinski definition) is 1. The summed E-state index contributed by atoms with van der Waals surface area (Å²) >= 11 is 0. The van der Waals surface area contributed by atoms with Crippen LogP contribution >= 0.6 is 0 Å². The second kappa shape index (κ2) is 5.08. The molecule has 0 radical (unpaired) electrons. The van der Waals surface area contributed by atoms with Crippen LogP contribution in [-0.2, 0) is 6.42 Å². The third-order valence-corrected chi connectivity index (χ3v) is 3.22. The van der Waals surface area contributed by atoms with Crippen molar-refractivity contribution in [3.05, 3.63) is 34.6 Å². The van der Waals surface area contributed by atoms with Gasteiger partial charge in [0.2, 0.25) is 0 Å². The minimum absolute atomic E-state index is 0.196. The first-order valence-corrected chi connectivity index (χ1v) is 6.04. The number of rotatable bonds is 3. The largest absolute Gasteiger partial charge is 0.310 e.